The van der Waals surface area contributed by atoms with Gasteiger partial charge in [-0.05, 0) is 26.8 Å². The monoisotopic (exact) mass is 337 g/mol. The molecule has 0 bridgehead atoms. The molecule has 1 unspecified atom stereocenters. The molecule has 1 aliphatic rings. The molecule has 1 aromatic rings. The fourth-order valence-corrected chi connectivity index (χ4v) is 2.87. The SMILES string of the molecule is CCOc1cc(C(=O)N2CCCC(NC)C2)c([N+](=O)[O-])cc1OC. The van der Waals surface area contributed by atoms with E-state index in [4.69, 9.17) is 9.47 Å². The highest BCUT2D eigenvalue weighted by atomic mass is 16.6. The van der Waals surface area contributed by atoms with Crippen molar-refractivity contribution in [3.63, 3.8) is 0 Å². The number of nitro benzene ring substituents is 1. The Balaban J connectivity index is 2.40. The fourth-order valence-electron chi connectivity index (χ4n) is 2.87. The summed E-state index contributed by atoms with van der Waals surface area (Å²) in [5.41, 5.74) is -0.243. The van der Waals surface area contributed by atoms with Crippen molar-refractivity contribution in [3.05, 3.63) is 27.8 Å². The second kappa shape index (κ2) is 7.96. The quantitative estimate of drug-likeness (QED) is 0.629. The van der Waals surface area contributed by atoms with Gasteiger partial charge in [-0.1, -0.05) is 0 Å². The number of nitrogens with zero attached hydrogens (tertiary/aromatic N) is 2. The first-order valence-corrected chi connectivity index (χ1v) is 7.97. The zero-order valence-electron chi connectivity index (χ0n) is 14.2. The highest BCUT2D eigenvalue weighted by Crippen LogP contribution is 2.35. The topological polar surface area (TPSA) is 93.9 Å². The highest BCUT2D eigenvalue weighted by Gasteiger charge is 2.30. The third-order valence-electron chi connectivity index (χ3n) is 4.13. The van der Waals surface area contributed by atoms with E-state index in [-0.39, 0.29) is 28.9 Å². The van der Waals surface area contributed by atoms with Gasteiger partial charge >= 0.3 is 0 Å². The molecular weight excluding hydrogens is 314 g/mol. The molecule has 8 nitrogen and oxygen atoms in total. The lowest BCUT2D eigenvalue weighted by Crippen LogP contribution is -2.47. The number of rotatable bonds is 6. The van der Waals surface area contributed by atoms with E-state index in [0.29, 0.717) is 25.4 Å². The second-order valence-corrected chi connectivity index (χ2v) is 5.59. The number of benzene rings is 1. The number of hydrogen-bond donors (Lipinski definition) is 1. The van der Waals surface area contributed by atoms with Crippen LogP contribution in [0, 0.1) is 10.1 Å². The van der Waals surface area contributed by atoms with Crippen LogP contribution >= 0.6 is 0 Å². The van der Waals surface area contributed by atoms with Crippen LogP contribution in [0.4, 0.5) is 5.69 Å². The number of nitrogens with one attached hydrogen (secondary N) is 1. The molecule has 1 fully saturated rings. The molecule has 2 rings (SSSR count). The lowest BCUT2D eigenvalue weighted by molar-refractivity contribution is -0.385. The van der Waals surface area contributed by atoms with E-state index in [9.17, 15) is 14.9 Å². The molecule has 1 N–H and O–H groups in total. The minimum Gasteiger partial charge on any atom is -0.493 e. The van der Waals surface area contributed by atoms with Crippen molar-refractivity contribution in [3.8, 4) is 11.5 Å². The van der Waals surface area contributed by atoms with E-state index < -0.39 is 4.92 Å². The van der Waals surface area contributed by atoms with Crippen molar-refractivity contribution in [1.29, 1.82) is 0 Å². The Hall–Kier alpha value is -2.35. The Morgan fingerprint density at radius 3 is 2.79 bits per heavy atom. The largest absolute Gasteiger partial charge is 0.493 e. The van der Waals surface area contributed by atoms with Crippen LogP contribution in [0.3, 0.4) is 0 Å². The number of hydrogen-bond acceptors (Lipinski definition) is 6. The van der Waals surface area contributed by atoms with Crippen molar-refractivity contribution < 1.29 is 19.2 Å². The van der Waals surface area contributed by atoms with Crippen LogP contribution in [-0.2, 0) is 0 Å². The minimum absolute atomic E-state index is 0.0287. The first kappa shape index (κ1) is 18.0. The molecule has 132 valence electrons. The molecule has 0 saturated carbocycles. The first-order valence-electron chi connectivity index (χ1n) is 7.97. The number of methoxy groups -OCH3 is 1. The smallest absolute Gasteiger partial charge is 0.286 e. The first-order chi connectivity index (χ1) is 11.5. The maximum Gasteiger partial charge on any atom is 0.286 e. The number of carbonyl (C=O) groups is 1. The number of piperidine rings is 1. The van der Waals surface area contributed by atoms with Gasteiger partial charge in [0.05, 0.1) is 24.7 Å². The standard InChI is InChI=1S/C16H23N3O5/c1-4-24-15-8-12(13(19(21)22)9-14(15)23-3)16(20)18-7-5-6-11(10-18)17-2/h8-9,11,17H,4-7,10H2,1-3H3. The van der Waals surface area contributed by atoms with Crippen LogP contribution in [0.15, 0.2) is 12.1 Å². The molecule has 0 aliphatic carbocycles. The maximum atomic E-state index is 12.8. The molecule has 1 amide bonds. The number of nitro groups is 1. The van der Waals surface area contributed by atoms with Crippen LogP contribution in [0.2, 0.25) is 0 Å². The van der Waals surface area contributed by atoms with Gasteiger partial charge < -0.3 is 19.7 Å². The molecule has 0 aromatic heterocycles. The molecule has 1 aromatic carbocycles. The Kier molecular flexibility index (Phi) is 5.97. The Morgan fingerprint density at radius 2 is 2.21 bits per heavy atom. The summed E-state index contributed by atoms with van der Waals surface area (Å²) in [5.74, 6) is 0.216. The Morgan fingerprint density at radius 1 is 1.46 bits per heavy atom. The molecule has 1 atom stereocenters. The number of likely N-dealkylation sites (tertiary alicyclic amines) is 1. The van der Waals surface area contributed by atoms with Crippen molar-refractivity contribution in [2.24, 2.45) is 0 Å². The van der Waals surface area contributed by atoms with E-state index >= 15 is 0 Å². The number of ether oxygens (including phenoxy) is 2. The van der Waals surface area contributed by atoms with E-state index in [1.807, 2.05) is 7.05 Å². The number of amides is 1. The van der Waals surface area contributed by atoms with Gasteiger partial charge in [-0.25, -0.2) is 0 Å². The fraction of sp³-hybridized carbons (Fsp3) is 0.562. The van der Waals surface area contributed by atoms with Crippen molar-refractivity contribution in [2.45, 2.75) is 25.8 Å². The lowest BCUT2D eigenvalue weighted by Gasteiger charge is -2.32. The summed E-state index contributed by atoms with van der Waals surface area (Å²) in [5, 5.41) is 14.5. The summed E-state index contributed by atoms with van der Waals surface area (Å²) < 4.78 is 10.6. The van der Waals surface area contributed by atoms with Gasteiger partial charge in [-0.2, -0.15) is 0 Å². The van der Waals surface area contributed by atoms with E-state index in [2.05, 4.69) is 5.32 Å². The molecule has 0 radical (unpaired) electrons. The summed E-state index contributed by atoms with van der Waals surface area (Å²) in [4.78, 5) is 25.3. The van der Waals surface area contributed by atoms with E-state index in [1.54, 1.807) is 11.8 Å². The maximum absolute atomic E-state index is 12.8. The van der Waals surface area contributed by atoms with Gasteiger partial charge in [-0.3, -0.25) is 14.9 Å². The third-order valence-corrected chi connectivity index (χ3v) is 4.13. The average molecular weight is 337 g/mol. The highest BCUT2D eigenvalue weighted by molar-refractivity contribution is 5.99. The summed E-state index contributed by atoms with van der Waals surface area (Å²) in [6, 6.07) is 2.86. The van der Waals surface area contributed by atoms with Gasteiger partial charge in [0.1, 0.15) is 5.56 Å². The summed E-state index contributed by atoms with van der Waals surface area (Å²) in [7, 11) is 3.26. The zero-order valence-corrected chi connectivity index (χ0v) is 14.2. The van der Waals surface area contributed by atoms with Crippen LogP contribution in [0.5, 0.6) is 11.5 Å². The summed E-state index contributed by atoms with van der Waals surface area (Å²) in [6.45, 7) is 3.28. The van der Waals surface area contributed by atoms with Gasteiger partial charge in [0.2, 0.25) is 0 Å². The zero-order chi connectivity index (χ0) is 17.7. The van der Waals surface area contributed by atoms with Gasteiger partial charge in [-0.15, -0.1) is 0 Å². The van der Waals surface area contributed by atoms with E-state index in [1.165, 1.54) is 19.2 Å². The second-order valence-electron chi connectivity index (χ2n) is 5.59. The van der Waals surface area contributed by atoms with Gasteiger partial charge in [0.25, 0.3) is 11.6 Å². The minimum atomic E-state index is -0.565. The molecule has 1 saturated heterocycles. The normalized spacial score (nSPS) is 17.5. The number of likely N-dealkylation sites (N-methyl/N-ethyl adjacent to an activating group) is 1. The van der Waals surface area contributed by atoms with E-state index in [0.717, 1.165) is 12.8 Å². The predicted octanol–water partition coefficient (Wildman–Crippen LogP) is 1.83. The molecular formula is C16H23N3O5. The third kappa shape index (κ3) is 3.76. The average Bonchev–Trinajstić information content (AvgIpc) is 2.60. The summed E-state index contributed by atoms with van der Waals surface area (Å²) in [6.07, 6.45) is 1.84. The van der Waals surface area contributed by atoms with Crippen LogP contribution in [-0.4, -0.2) is 55.6 Å². The van der Waals surface area contributed by atoms with Crippen molar-refractivity contribution in [1.82, 2.24) is 10.2 Å². The predicted molar refractivity (Wildman–Crippen MR) is 88.8 cm³/mol. The molecule has 0 spiro atoms. The molecule has 24 heavy (non-hydrogen) atoms. The molecule has 8 heteroatoms. The van der Waals surface area contributed by atoms with Crippen LogP contribution < -0.4 is 14.8 Å². The number of carbonyl (C=O) groups excluding carboxylic acids is 1. The summed E-state index contributed by atoms with van der Waals surface area (Å²) >= 11 is 0. The molecule has 1 heterocycles. The van der Waals surface area contributed by atoms with Gasteiger partial charge in [0, 0.05) is 25.2 Å². The molecule has 1 aliphatic heterocycles. The van der Waals surface area contributed by atoms with Gasteiger partial charge in [0.15, 0.2) is 11.5 Å². The Bertz CT molecular complexity index is 620. The van der Waals surface area contributed by atoms with Crippen LogP contribution in [0.25, 0.3) is 0 Å². The van der Waals surface area contributed by atoms with Crippen molar-refractivity contribution >= 4 is 11.6 Å². The van der Waals surface area contributed by atoms with Crippen LogP contribution in [0.1, 0.15) is 30.1 Å². The Labute approximate surface area is 140 Å². The van der Waals surface area contributed by atoms with Crippen molar-refractivity contribution in [2.75, 3.05) is 33.9 Å². The lowest BCUT2D eigenvalue weighted by atomic mass is 10.0.